The van der Waals surface area contributed by atoms with Crippen LogP contribution < -0.4 is 69.1 Å². The van der Waals surface area contributed by atoms with Crippen molar-refractivity contribution in [3.8, 4) is 0 Å². The number of aromatic amines is 2. The Balaban J connectivity index is 0.851. The largest absolute Gasteiger partial charge is 0.480 e. The smallest absolute Gasteiger partial charge is 0.326 e. The summed E-state index contributed by atoms with van der Waals surface area (Å²) in [5.74, 6) is -15.8. The lowest BCUT2D eigenvalue weighted by molar-refractivity contribution is -0.149. The Hall–Kier alpha value is -11.3. The van der Waals surface area contributed by atoms with Crippen LogP contribution in [-0.2, 0) is 99.1 Å². The molecule has 0 spiro atoms. The molecular weight excluding hydrogens is 1690 g/mol. The van der Waals surface area contributed by atoms with Crippen molar-refractivity contribution in [1.29, 1.82) is 0 Å². The lowest BCUT2D eigenvalue weighted by Gasteiger charge is -2.34. The lowest BCUT2D eigenvalue weighted by atomic mass is 10.0. The molecule has 6 saturated heterocycles. The molecule has 17 amide bonds. The zero-order chi connectivity index (χ0) is 94.8. The average molecular weight is 1820 g/mol. The number of aliphatic hydroxyl groups excluding tert-OH is 4. The van der Waals surface area contributed by atoms with Crippen molar-refractivity contribution in [3.05, 3.63) is 36.4 Å². The van der Waals surface area contributed by atoms with Gasteiger partial charge in [0.1, 0.15) is 90.6 Å². The van der Waals surface area contributed by atoms with Gasteiger partial charge < -0.3 is 129 Å². The molecule has 0 bridgehead atoms. The van der Waals surface area contributed by atoms with Gasteiger partial charge in [-0.25, -0.2) is 14.8 Å². The van der Waals surface area contributed by atoms with Gasteiger partial charge in [-0.2, -0.15) is 0 Å². The summed E-state index contributed by atoms with van der Waals surface area (Å²) >= 11 is 0. The number of hydrogen-bond acceptors (Lipinski definition) is 25. The fourth-order valence-corrected chi connectivity index (χ4v) is 17.2. The fraction of sp³-hybridized carbons (Fsp3) is 0.714. The Morgan fingerprint density at radius 3 is 1.02 bits per heavy atom. The summed E-state index contributed by atoms with van der Waals surface area (Å²) in [5, 5.41) is 86.3. The molecule has 8 heterocycles. The topological polar surface area (TPSA) is 638 Å². The van der Waals surface area contributed by atoms with Gasteiger partial charge in [0.25, 0.3) is 0 Å². The number of nitrogens with zero attached hydrogens (tertiary/aromatic N) is 7. The van der Waals surface area contributed by atoms with Crippen LogP contribution in [0.5, 0.6) is 0 Å². The van der Waals surface area contributed by atoms with E-state index >= 15 is 0 Å². The number of carboxylic acids is 1. The maximum Gasteiger partial charge on any atom is 0.326 e. The number of carbonyl (C=O) groups excluding carboxylic acids is 17. The number of nitrogens with one attached hydrogen (secondary N) is 15. The molecule has 0 aromatic carbocycles. The molecule has 20 N–H and O–H groups in total. The molecule has 6 aliphatic heterocycles. The van der Waals surface area contributed by atoms with E-state index < -0.39 is 242 Å². The number of hydrogen-bond donors (Lipinski definition) is 20. The highest BCUT2D eigenvalue weighted by Crippen LogP contribution is 2.29. The average Bonchev–Trinajstić information content (AvgIpc) is 1.65. The number of imidazole rings is 2. The summed E-state index contributed by atoms with van der Waals surface area (Å²) in [6, 6.07) is -21.1. The first-order chi connectivity index (χ1) is 61.2. The number of rotatable bonds is 46. The lowest BCUT2D eigenvalue weighted by Crippen LogP contribution is -2.61. The van der Waals surface area contributed by atoms with Gasteiger partial charge in [-0.1, -0.05) is 55.4 Å². The van der Waals surface area contributed by atoms with E-state index in [2.05, 4.69) is 89.1 Å². The van der Waals surface area contributed by atoms with Crippen molar-refractivity contribution in [2.45, 2.75) is 294 Å². The number of aliphatic carboxylic acids is 1. The highest BCUT2D eigenvalue weighted by Gasteiger charge is 2.48. The van der Waals surface area contributed by atoms with Crippen LogP contribution in [0, 0.1) is 23.7 Å². The van der Waals surface area contributed by atoms with Crippen molar-refractivity contribution in [3.63, 3.8) is 0 Å². The highest BCUT2D eigenvalue weighted by molar-refractivity contribution is 6.02. The Labute approximate surface area is 748 Å². The molecule has 0 aliphatic carbocycles. The van der Waals surface area contributed by atoms with Gasteiger partial charge in [0, 0.05) is 69.3 Å². The predicted molar refractivity (Wildman–Crippen MR) is 458 cm³/mol. The minimum Gasteiger partial charge on any atom is -0.480 e. The van der Waals surface area contributed by atoms with E-state index in [0.29, 0.717) is 56.5 Å². The van der Waals surface area contributed by atoms with Crippen LogP contribution in [0.1, 0.15) is 183 Å². The Kier molecular flexibility index (Phi) is 39.1. The minimum absolute atomic E-state index is 0.0132. The highest BCUT2D eigenvalue weighted by atomic mass is 16.4. The molecule has 2 aromatic rings. The number of likely N-dealkylation sites (tertiary alicyclic amines) is 5. The Morgan fingerprint density at radius 2 is 0.690 bits per heavy atom. The first-order valence-electron chi connectivity index (χ1n) is 44.8. The van der Waals surface area contributed by atoms with E-state index in [1.807, 2.05) is 0 Å². The molecule has 0 radical (unpaired) electrons. The number of aliphatic hydroxyl groups is 4. The van der Waals surface area contributed by atoms with E-state index in [9.17, 15) is 112 Å². The van der Waals surface area contributed by atoms with Crippen LogP contribution >= 0.6 is 0 Å². The first-order valence-corrected chi connectivity index (χ1v) is 44.8. The second kappa shape index (κ2) is 48.9. The van der Waals surface area contributed by atoms with Crippen molar-refractivity contribution in [1.82, 2.24) is 114 Å². The third-order valence-corrected chi connectivity index (χ3v) is 23.7. The summed E-state index contributed by atoms with van der Waals surface area (Å²) in [6.07, 6.45) is 5.72. The van der Waals surface area contributed by atoms with E-state index in [-0.39, 0.29) is 127 Å². The number of carbonyl (C=O) groups is 18. The monoisotopic (exact) mass is 1820 g/mol. The molecule has 8 rings (SSSR count). The molecule has 129 heavy (non-hydrogen) atoms. The third kappa shape index (κ3) is 29.1. The van der Waals surface area contributed by atoms with Crippen LogP contribution in [0.2, 0.25) is 0 Å². The van der Waals surface area contributed by atoms with Crippen LogP contribution in [0.15, 0.2) is 25.0 Å². The third-order valence-electron chi connectivity index (χ3n) is 23.7. The number of amides is 17. The molecule has 6 fully saturated rings. The predicted octanol–water partition coefficient (Wildman–Crippen LogP) is -6.28. The summed E-state index contributed by atoms with van der Waals surface area (Å²) in [4.78, 5) is 272. The first kappa shape index (κ1) is 103. The normalized spacial score (nSPS) is 21.4. The maximum atomic E-state index is 14.8. The second-order valence-electron chi connectivity index (χ2n) is 35.9. The van der Waals surface area contributed by atoms with Crippen LogP contribution in [0.4, 0.5) is 0 Å². The quantitative estimate of drug-likeness (QED) is 0.0293. The van der Waals surface area contributed by atoms with E-state index in [0.717, 1.165) is 6.42 Å². The van der Waals surface area contributed by atoms with Gasteiger partial charge in [0.15, 0.2) is 0 Å². The number of H-pyrrole nitrogens is 2. The zero-order valence-electron chi connectivity index (χ0n) is 75.0. The van der Waals surface area contributed by atoms with Crippen molar-refractivity contribution < 1.29 is 112 Å². The van der Waals surface area contributed by atoms with E-state index in [1.54, 1.807) is 55.4 Å². The standard InChI is InChI=1S/C84H132N22O23/c1-43(2)29-54(94-70(114)52(33-49-35-85-41-90-49)92-77(121)67(47(9)109)100-65(111)37-88-69(113)51-17-11-23-87-51)79(123)102-24-13-19-61(102)75(119)98-58(39-107)72(116)96-56(31-45(5)6)81(125)105-27-15-21-63(105)83(127)104-26-12-18-60(104)74(118)89-38-66(112)101-68(48(10)110)78(122)93-53(34-50-36-86-42-91-50)71(115)95-55(30-44(3)4)80(124)103-25-14-20-62(103)76(120)99-59(40-108)73(117)97-57(32-46(7)8)82(126)106-28-16-22-64(106)84(128)129/h35-36,41-48,51-64,67-68,87,107-110H,11-34,37-40H2,1-10H3,(H,85,90)(H,86,91)(H,88,113)(H,89,118)(H,92,121)(H,93,122)(H,94,114)(H,95,115)(H,96,116)(H,97,117)(H,98,119)(H,99,120)(H,100,111)(H,101,112)(H,128,129)/t47-,48-,51+,52+,53+,54+,55+,56+,57+,58+,59+,60+,61+,62+,63+,64+,67+,68+/m1/s1. The molecule has 18 atom stereocenters. The maximum absolute atomic E-state index is 14.8. The van der Waals surface area contributed by atoms with E-state index in [1.165, 1.54) is 63.4 Å². The molecule has 45 nitrogen and oxygen atoms in total. The molecule has 0 saturated carbocycles. The summed E-state index contributed by atoms with van der Waals surface area (Å²) in [6.45, 7) is 14.5. The van der Waals surface area contributed by atoms with Gasteiger partial charge in [-0.05, 0) is 147 Å². The summed E-state index contributed by atoms with van der Waals surface area (Å²) in [7, 11) is 0. The van der Waals surface area contributed by atoms with Crippen molar-refractivity contribution in [2.24, 2.45) is 23.7 Å². The van der Waals surface area contributed by atoms with E-state index in [4.69, 9.17) is 0 Å². The van der Waals surface area contributed by atoms with Gasteiger partial charge in [0.05, 0.1) is 57.2 Å². The summed E-state index contributed by atoms with van der Waals surface area (Å²) in [5.41, 5.74) is 0.707. The number of carboxylic acid groups (broad SMARTS) is 1. The van der Waals surface area contributed by atoms with Gasteiger partial charge in [-0.15, -0.1) is 0 Å². The molecule has 6 aliphatic rings. The summed E-state index contributed by atoms with van der Waals surface area (Å²) < 4.78 is 0. The molecule has 716 valence electrons. The van der Waals surface area contributed by atoms with Crippen LogP contribution in [0.25, 0.3) is 0 Å². The van der Waals surface area contributed by atoms with Crippen molar-refractivity contribution in [2.75, 3.05) is 65.6 Å². The van der Waals surface area contributed by atoms with Crippen molar-refractivity contribution >= 4 is 106 Å². The minimum atomic E-state index is -1.78. The van der Waals surface area contributed by atoms with Gasteiger partial charge in [0.2, 0.25) is 100 Å². The van der Waals surface area contributed by atoms with Gasteiger partial charge in [-0.3, -0.25) is 81.5 Å². The zero-order valence-corrected chi connectivity index (χ0v) is 75.0. The SMILES string of the molecule is CC(C)C[C@H](NC(=O)[C@H](CO)NC(=O)[C@@H]1CCCN1C(=O)[C@H](CC(C)C)NC(=O)[C@H](Cc1cnc[nH]1)NC(=O)[C@@H](NC(=O)CNC(=O)[C@@H]1CCCN1C(=O)[C@@H]1CCCN1C(=O)[C@H](CC(C)C)NC(=O)[C@H](CO)NC(=O)[C@@H]1CCCN1C(=O)[C@H](CC(C)C)NC(=O)[C@H](Cc1cnc[nH]1)NC(=O)[C@@H](NC(=O)CNC(=O)[C@@H]1CCCN1)[C@@H](C)O)[C@@H](C)O)C(=O)N1CCC[C@H]1C(=O)O. The van der Waals surface area contributed by atoms with Gasteiger partial charge >= 0.3 is 5.97 Å². The Morgan fingerprint density at radius 1 is 0.372 bits per heavy atom. The Bertz CT molecular complexity index is 4240. The van der Waals surface area contributed by atoms with Crippen LogP contribution in [-0.4, -0.2) is 351 Å². The number of aromatic nitrogens is 4. The van der Waals surface area contributed by atoms with Crippen LogP contribution in [0.3, 0.4) is 0 Å². The molecule has 45 heteroatoms. The second-order valence-corrected chi connectivity index (χ2v) is 35.9. The molecule has 0 unspecified atom stereocenters. The molecular formula is C84H132N22O23. The molecule has 2 aromatic heterocycles. The fourth-order valence-electron chi connectivity index (χ4n) is 17.2.